The highest BCUT2D eigenvalue weighted by atomic mass is 19.1. The van der Waals surface area contributed by atoms with Gasteiger partial charge in [0.15, 0.2) is 0 Å². The highest BCUT2D eigenvalue weighted by Crippen LogP contribution is 2.27. The van der Waals surface area contributed by atoms with Crippen molar-refractivity contribution < 1.29 is 9.18 Å². The van der Waals surface area contributed by atoms with Crippen LogP contribution in [0.2, 0.25) is 0 Å². The van der Waals surface area contributed by atoms with Crippen LogP contribution in [0.1, 0.15) is 44.1 Å². The van der Waals surface area contributed by atoms with Crippen LogP contribution in [-0.4, -0.2) is 42.1 Å². The molecular weight excluding hydrogens is 429 g/mol. The average molecular weight is 462 g/mol. The summed E-state index contributed by atoms with van der Waals surface area (Å²) >= 11 is 0. The Hall–Kier alpha value is -3.48. The van der Waals surface area contributed by atoms with Crippen LogP contribution in [-0.2, 0) is 4.79 Å². The first kappa shape index (κ1) is 23.7. The van der Waals surface area contributed by atoms with Crippen molar-refractivity contribution in [3.63, 3.8) is 0 Å². The van der Waals surface area contributed by atoms with Crippen LogP contribution >= 0.6 is 0 Å². The first-order valence-corrected chi connectivity index (χ1v) is 11.8. The third kappa shape index (κ3) is 5.71. The molecule has 1 aliphatic carbocycles. The van der Waals surface area contributed by atoms with Gasteiger partial charge in [0.25, 0.3) is 0 Å². The Morgan fingerprint density at radius 2 is 1.74 bits per heavy atom. The molecule has 1 saturated carbocycles. The number of amides is 1. The van der Waals surface area contributed by atoms with Gasteiger partial charge in [0.2, 0.25) is 11.9 Å². The van der Waals surface area contributed by atoms with Crippen molar-refractivity contribution in [2.24, 2.45) is 0 Å². The lowest BCUT2D eigenvalue weighted by Crippen LogP contribution is -2.41. The number of nitrogens with zero attached hydrogens (tertiary/aromatic N) is 3. The minimum absolute atomic E-state index is 0.0645. The van der Waals surface area contributed by atoms with Gasteiger partial charge in [-0.15, -0.1) is 0 Å². The van der Waals surface area contributed by atoms with E-state index >= 15 is 0 Å². The molecule has 1 amide bonds. The van der Waals surface area contributed by atoms with Crippen molar-refractivity contribution >= 4 is 17.7 Å². The number of nitrogens with one attached hydrogen (secondary N) is 2. The Bertz CT molecular complexity index is 1110. The topological polar surface area (TPSA) is 70.2 Å². The third-order valence-corrected chi connectivity index (χ3v) is 6.48. The van der Waals surface area contributed by atoms with Gasteiger partial charge in [-0.05, 0) is 55.9 Å². The normalized spacial score (nSPS) is 18.7. The highest BCUT2D eigenvalue weighted by Gasteiger charge is 2.25. The van der Waals surface area contributed by atoms with E-state index in [1.807, 2.05) is 68.4 Å². The van der Waals surface area contributed by atoms with Crippen molar-refractivity contribution in [2.45, 2.75) is 50.6 Å². The molecule has 178 valence electrons. The van der Waals surface area contributed by atoms with Crippen LogP contribution in [0.3, 0.4) is 0 Å². The predicted octanol–water partition coefficient (Wildman–Crippen LogP) is 4.99. The number of halogens is 1. The quantitative estimate of drug-likeness (QED) is 0.519. The van der Waals surface area contributed by atoms with Crippen molar-refractivity contribution in [1.29, 1.82) is 0 Å². The summed E-state index contributed by atoms with van der Waals surface area (Å²) in [4.78, 5) is 23.7. The van der Waals surface area contributed by atoms with E-state index < -0.39 is 5.92 Å². The zero-order valence-corrected chi connectivity index (χ0v) is 20.0. The number of carbonyl (C=O) groups is 1. The fourth-order valence-electron chi connectivity index (χ4n) is 4.36. The van der Waals surface area contributed by atoms with Crippen LogP contribution in [0.5, 0.6) is 0 Å². The molecule has 7 heteroatoms. The maximum absolute atomic E-state index is 14.8. The van der Waals surface area contributed by atoms with Gasteiger partial charge in [0.1, 0.15) is 11.6 Å². The Morgan fingerprint density at radius 1 is 1.03 bits per heavy atom. The van der Waals surface area contributed by atoms with Gasteiger partial charge >= 0.3 is 0 Å². The molecule has 1 unspecified atom stereocenters. The molecule has 0 radical (unpaired) electrons. The second kappa shape index (κ2) is 10.6. The maximum Gasteiger partial charge on any atom is 0.227 e. The molecule has 1 fully saturated rings. The fourth-order valence-corrected chi connectivity index (χ4v) is 4.36. The molecule has 0 bridgehead atoms. The number of benzene rings is 2. The maximum atomic E-state index is 14.8. The zero-order valence-electron chi connectivity index (χ0n) is 20.0. The van der Waals surface area contributed by atoms with E-state index in [1.54, 1.807) is 12.3 Å². The summed E-state index contributed by atoms with van der Waals surface area (Å²) in [6.45, 7) is 1.83. The van der Waals surface area contributed by atoms with Crippen molar-refractivity contribution in [3.05, 3.63) is 72.2 Å². The summed E-state index contributed by atoms with van der Waals surface area (Å²) in [6.07, 6.45) is 5.37. The highest BCUT2D eigenvalue weighted by molar-refractivity contribution is 5.83. The first-order valence-electron chi connectivity index (χ1n) is 11.8. The van der Waals surface area contributed by atoms with Crippen LogP contribution in [0.4, 0.5) is 16.2 Å². The summed E-state index contributed by atoms with van der Waals surface area (Å²) in [7, 11) is 3.90. The van der Waals surface area contributed by atoms with Crippen LogP contribution in [0.25, 0.3) is 11.1 Å². The molecule has 0 aliphatic heterocycles. The summed E-state index contributed by atoms with van der Waals surface area (Å²) in [5.41, 5.74) is 2.05. The molecule has 3 aromatic rings. The molecule has 2 N–H and O–H groups in total. The average Bonchev–Trinajstić information content (AvgIpc) is 2.85. The van der Waals surface area contributed by atoms with Gasteiger partial charge in [0.05, 0.1) is 5.92 Å². The standard InChI is InChI=1S/C27H32FN5O/c1-18(20-9-14-23(24(28)17-20)19-7-5-4-6-8-19)26(34)30-21-10-12-22(13-11-21)31-27-29-16-15-25(32-27)33(2)3/h4-9,14-18,21-22H,10-13H2,1-3H3,(H,30,34)(H,29,31,32). The lowest BCUT2D eigenvalue weighted by atomic mass is 9.90. The van der Waals surface area contributed by atoms with Gasteiger partial charge in [0, 0.05) is 37.9 Å². The largest absolute Gasteiger partial charge is 0.363 e. The van der Waals surface area contributed by atoms with Crippen molar-refractivity contribution in [3.8, 4) is 11.1 Å². The fraction of sp³-hybridized carbons (Fsp3) is 0.370. The molecule has 34 heavy (non-hydrogen) atoms. The van der Waals surface area contributed by atoms with E-state index in [4.69, 9.17) is 0 Å². The zero-order chi connectivity index (χ0) is 24.1. The molecule has 0 spiro atoms. The van der Waals surface area contributed by atoms with Crippen molar-refractivity contribution in [1.82, 2.24) is 15.3 Å². The van der Waals surface area contributed by atoms with E-state index in [1.165, 1.54) is 6.07 Å². The molecular formula is C27H32FN5O. The van der Waals surface area contributed by atoms with E-state index in [-0.39, 0.29) is 23.8 Å². The monoisotopic (exact) mass is 461 g/mol. The van der Waals surface area contributed by atoms with Crippen LogP contribution < -0.4 is 15.5 Å². The first-order chi connectivity index (χ1) is 16.4. The van der Waals surface area contributed by atoms with E-state index in [9.17, 15) is 9.18 Å². The molecule has 6 nitrogen and oxygen atoms in total. The molecule has 0 saturated heterocycles. The molecule has 1 atom stereocenters. The summed E-state index contributed by atoms with van der Waals surface area (Å²) in [5.74, 6) is 0.701. The summed E-state index contributed by atoms with van der Waals surface area (Å²) in [5, 5.41) is 6.58. The number of aromatic nitrogens is 2. The Kier molecular flexibility index (Phi) is 7.40. The van der Waals surface area contributed by atoms with E-state index in [2.05, 4.69) is 20.6 Å². The van der Waals surface area contributed by atoms with Gasteiger partial charge in [-0.2, -0.15) is 4.98 Å². The summed E-state index contributed by atoms with van der Waals surface area (Å²) < 4.78 is 14.8. The molecule has 4 rings (SSSR count). The minimum Gasteiger partial charge on any atom is -0.363 e. The lowest BCUT2D eigenvalue weighted by Gasteiger charge is -2.30. The smallest absolute Gasteiger partial charge is 0.227 e. The summed E-state index contributed by atoms with van der Waals surface area (Å²) in [6, 6.07) is 16.8. The Balaban J connectivity index is 1.30. The van der Waals surface area contributed by atoms with Crippen LogP contribution in [0.15, 0.2) is 60.8 Å². The van der Waals surface area contributed by atoms with Gasteiger partial charge in [-0.3, -0.25) is 4.79 Å². The lowest BCUT2D eigenvalue weighted by molar-refractivity contribution is -0.123. The Morgan fingerprint density at radius 3 is 2.41 bits per heavy atom. The number of hydrogen-bond acceptors (Lipinski definition) is 5. The number of rotatable bonds is 7. The van der Waals surface area contributed by atoms with E-state index in [0.29, 0.717) is 17.1 Å². The van der Waals surface area contributed by atoms with Gasteiger partial charge in [-0.1, -0.05) is 42.5 Å². The second-order valence-electron chi connectivity index (χ2n) is 9.16. The molecule has 2 aromatic carbocycles. The Labute approximate surface area is 200 Å². The van der Waals surface area contributed by atoms with Gasteiger partial charge < -0.3 is 15.5 Å². The van der Waals surface area contributed by atoms with E-state index in [0.717, 1.165) is 37.1 Å². The third-order valence-electron chi connectivity index (χ3n) is 6.48. The predicted molar refractivity (Wildman–Crippen MR) is 134 cm³/mol. The van der Waals surface area contributed by atoms with Crippen molar-refractivity contribution in [2.75, 3.05) is 24.3 Å². The van der Waals surface area contributed by atoms with Crippen LogP contribution in [0, 0.1) is 5.82 Å². The number of carbonyl (C=O) groups excluding carboxylic acids is 1. The van der Waals surface area contributed by atoms with Gasteiger partial charge in [-0.25, -0.2) is 9.37 Å². The molecule has 1 heterocycles. The molecule has 1 aliphatic rings. The molecule has 1 aromatic heterocycles. The SMILES string of the molecule is CC(C(=O)NC1CCC(Nc2nccc(N(C)C)n2)CC1)c1ccc(-c2ccccc2)c(F)c1. The number of hydrogen-bond donors (Lipinski definition) is 2. The second-order valence-corrected chi connectivity index (χ2v) is 9.16. The number of anilines is 2. The minimum atomic E-state index is -0.419.